The van der Waals surface area contributed by atoms with Crippen molar-refractivity contribution in [3.8, 4) is 23.0 Å². The Balaban J connectivity index is 1.69. The van der Waals surface area contributed by atoms with E-state index in [2.05, 4.69) is 4.98 Å². The van der Waals surface area contributed by atoms with Crippen LogP contribution < -0.4 is 9.47 Å². The van der Waals surface area contributed by atoms with Gasteiger partial charge in [-0.25, -0.2) is 0 Å². The molecule has 3 heteroatoms. The van der Waals surface area contributed by atoms with Gasteiger partial charge in [0.25, 0.3) is 0 Å². The van der Waals surface area contributed by atoms with Crippen molar-refractivity contribution < 1.29 is 9.47 Å². The second kappa shape index (κ2) is 5.89. The van der Waals surface area contributed by atoms with Crippen molar-refractivity contribution >= 4 is 0 Å². The third kappa shape index (κ3) is 3.14. The van der Waals surface area contributed by atoms with Crippen LogP contribution >= 0.6 is 0 Å². The van der Waals surface area contributed by atoms with Crippen LogP contribution in [0.1, 0.15) is 0 Å². The summed E-state index contributed by atoms with van der Waals surface area (Å²) in [4.78, 5) is 4.00. The molecule has 0 saturated heterocycles. The van der Waals surface area contributed by atoms with Gasteiger partial charge in [0, 0.05) is 6.20 Å². The standard InChI is InChI=1S/C17H13NO2/c1-2-5-14(6-3-1)19-15-8-10-16(11-9-15)20-17-7-4-12-18-13-17/h1-13H. The SMILES string of the molecule is c1ccc(Oc2ccc(Oc3cccnc3)cc2)cc1. The highest BCUT2D eigenvalue weighted by Gasteiger charge is 1.99. The molecule has 3 nitrogen and oxygen atoms in total. The molecule has 20 heavy (non-hydrogen) atoms. The molecule has 0 spiro atoms. The first-order valence-electron chi connectivity index (χ1n) is 6.31. The molecular weight excluding hydrogens is 250 g/mol. The summed E-state index contributed by atoms with van der Waals surface area (Å²) >= 11 is 0. The van der Waals surface area contributed by atoms with E-state index >= 15 is 0 Å². The number of benzene rings is 2. The summed E-state index contributed by atoms with van der Waals surface area (Å²) in [5.74, 6) is 3.05. The third-order valence-electron chi connectivity index (χ3n) is 2.67. The van der Waals surface area contributed by atoms with Crippen LogP contribution in [0, 0.1) is 0 Å². The molecule has 1 aromatic heterocycles. The summed E-state index contributed by atoms with van der Waals surface area (Å²) in [5.41, 5.74) is 0. The monoisotopic (exact) mass is 263 g/mol. The second-order valence-corrected chi connectivity index (χ2v) is 4.18. The topological polar surface area (TPSA) is 31.4 Å². The summed E-state index contributed by atoms with van der Waals surface area (Å²) < 4.78 is 11.4. The Bertz CT molecular complexity index is 591. The van der Waals surface area contributed by atoms with Crippen LogP contribution in [0.5, 0.6) is 23.0 Å². The van der Waals surface area contributed by atoms with Crippen molar-refractivity contribution in [3.05, 3.63) is 79.1 Å². The molecule has 3 rings (SSSR count). The largest absolute Gasteiger partial charge is 0.457 e. The maximum atomic E-state index is 5.72. The molecule has 0 aliphatic carbocycles. The zero-order valence-electron chi connectivity index (χ0n) is 10.8. The van der Waals surface area contributed by atoms with Crippen LogP contribution in [0.4, 0.5) is 0 Å². The highest BCUT2D eigenvalue weighted by Crippen LogP contribution is 2.26. The van der Waals surface area contributed by atoms with Gasteiger partial charge in [0.05, 0.1) is 6.20 Å². The van der Waals surface area contributed by atoms with E-state index in [-0.39, 0.29) is 0 Å². The molecular formula is C17H13NO2. The Morgan fingerprint density at radius 1 is 0.550 bits per heavy atom. The van der Waals surface area contributed by atoms with Gasteiger partial charge in [-0.1, -0.05) is 18.2 Å². The summed E-state index contributed by atoms with van der Waals surface area (Å²) in [6.45, 7) is 0. The molecule has 1 heterocycles. The van der Waals surface area contributed by atoms with Crippen molar-refractivity contribution in [1.82, 2.24) is 4.98 Å². The summed E-state index contributed by atoms with van der Waals surface area (Å²) in [6.07, 6.45) is 3.39. The molecule has 98 valence electrons. The Morgan fingerprint density at radius 3 is 1.70 bits per heavy atom. The predicted molar refractivity (Wildman–Crippen MR) is 77.3 cm³/mol. The fraction of sp³-hybridized carbons (Fsp3) is 0. The number of nitrogens with zero attached hydrogens (tertiary/aromatic N) is 1. The summed E-state index contributed by atoms with van der Waals surface area (Å²) in [6, 6.07) is 20.8. The van der Waals surface area contributed by atoms with Crippen LogP contribution in [0.2, 0.25) is 0 Å². The fourth-order valence-corrected chi connectivity index (χ4v) is 1.74. The lowest BCUT2D eigenvalue weighted by Gasteiger charge is -2.07. The number of pyridine rings is 1. The van der Waals surface area contributed by atoms with E-state index in [4.69, 9.17) is 9.47 Å². The average Bonchev–Trinajstić information content (AvgIpc) is 2.51. The average molecular weight is 263 g/mol. The van der Waals surface area contributed by atoms with Gasteiger partial charge in [-0.15, -0.1) is 0 Å². The molecule has 3 aromatic rings. The quantitative estimate of drug-likeness (QED) is 0.685. The first kappa shape index (κ1) is 12.2. The number of para-hydroxylation sites is 1. The molecule has 0 saturated carbocycles. The summed E-state index contributed by atoms with van der Waals surface area (Å²) in [7, 11) is 0. The minimum absolute atomic E-state index is 0.712. The van der Waals surface area contributed by atoms with Gasteiger partial charge in [0.15, 0.2) is 0 Å². The molecule has 0 aliphatic heterocycles. The summed E-state index contributed by atoms with van der Waals surface area (Å²) in [5, 5.41) is 0. The maximum Gasteiger partial charge on any atom is 0.145 e. The zero-order valence-corrected chi connectivity index (χ0v) is 10.8. The van der Waals surface area contributed by atoms with Crippen molar-refractivity contribution in [2.75, 3.05) is 0 Å². The van der Waals surface area contributed by atoms with E-state index < -0.39 is 0 Å². The predicted octanol–water partition coefficient (Wildman–Crippen LogP) is 4.67. The first-order valence-corrected chi connectivity index (χ1v) is 6.31. The molecule has 0 N–H and O–H groups in total. The van der Waals surface area contributed by atoms with Crippen LogP contribution in [-0.4, -0.2) is 4.98 Å². The fourth-order valence-electron chi connectivity index (χ4n) is 1.74. The smallest absolute Gasteiger partial charge is 0.145 e. The Labute approximate surface area is 117 Å². The highest BCUT2D eigenvalue weighted by molar-refractivity contribution is 5.37. The van der Waals surface area contributed by atoms with Crippen molar-refractivity contribution in [2.24, 2.45) is 0 Å². The number of hydrogen-bond donors (Lipinski definition) is 0. The molecule has 2 aromatic carbocycles. The van der Waals surface area contributed by atoms with E-state index in [0.717, 1.165) is 17.2 Å². The number of hydrogen-bond acceptors (Lipinski definition) is 3. The number of rotatable bonds is 4. The highest BCUT2D eigenvalue weighted by atomic mass is 16.5. The Morgan fingerprint density at radius 2 is 1.10 bits per heavy atom. The Kier molecular flexibility index (Phi) is 3.60. The van der Waals surface area contributed by atoms with Gasteiger partial charge < -0.3 is 9.47 Å². The minimum atomic E-state index is 0.712. The normalized spacial score (nSPS) is 10.0. The number of ether oxygens (including phenoxy) is 2. The molecule has 0 aliphatic rings. The van der Waals surface area contributed by atoms with Crippen molar-refractivity contribution in [1.29, 1.82) is 0 Å². The first-order chi connectivity index (χ1) is 9.90. The molecule has 0 atom stereocenters. The van der Waals surface area contributed by atoms with E-state index in [1.807, 2.05) is 66.7 Å². The lowest BCUT2D eigenvalue weighted by molar-refractivity contribution is 0.468. The molecule has 0 bridgehead atoms. The van der Waals surface area contributed by atoms with Gasteiger partial charge in [-0.05, 0) is 48.5 Å². The van der Waals surface area contributed by atoms with Gasteiger partial charge >= 0.3 is 0 Å². The van der Waals surface area contributed by atoms with E-state index in [0.29, 0.717) is 5.75 Å². The maximum absolute atomic E-state index is 5.72. The van der Waals surface area contributed by atoms with Crippen LogP contribution in [-0.2, 0) is 0 Å². The van der Waals surface area contributed by atoms with Gasteiger partial charge in [0.2, 0.25) is 0 Å². The van der Waals surface area contributed by atoms with Gasteiger partial charge in [0.1, 0.15) is 23.0 Å². The third-order valence-corrected chi connectivity index (χ3v) is 2.67. The van der Waals surface area contributed by atoms with E-state index in [9.17, 15) is 0 Å². The molecule has 0 radical (unpaired) electrons. The van der Waals surface area contributed by atoms with E-state index in [1.54, 1.807) is 12.4 Å². The van der Waals surface area contributed by atoms with E-state index in [1.165, 1.54) is 0 Å². The molecule has 0 amide bonds. The number of aromatic nitrogens is 1. The lowest BCUT2D eigenvalue weighted by atomic mass is 10.3. The lowest BCUT2D eigenvalue weighted by Crippen LogP contribution is -1.86. The molecule has 0 fully saturated rings. The minimum Gasteiger partial charge on any atom is -0.457 e. The zero-order chi connectivity index (χ0) is 13.6. The molecule has 0 unspecified atom stereocenters. The van der Waals surface area contributed by atoms with Crippen molar-refractivity contribution in [2.45, 2.75) is 0 Å². The Hall–Kier alpha value is -2.81. The van der Waals surface area contributed by atoms with Gasteiger partial charge in [-0.2, -0.15) is 0 Å². The van der Waals surface area contributed by atoms with Crippen LogP contribution in [0.15, 0.2) is 79.1 Å². The second-order valence-electron chi connectivity index (χ2n) is 4.18. The van der Waals surface area contributed by atoms with Crippen LogP contribution in [0.3, 0.4) is 0 Å². The van der Waals surface area contributed by atoms with Gasteiger partial charge in [-0.3, -0.25) is 4.98 Å². The van der Waals surface area contributed by atoms with Crippen LogP contribution in [0.25, 0.3) is 0 Å². The van der Waals surface area contributed by atoms with Crippen molar-refractivity contribution in [3.63, 3.8) is 0 Å².